The second kappa shape index (κ2) is 13.6. The van der Waals surface area contributed by atoms with Gasteiger partial charge < -0.3 is 9.52 Å². The topological polar surface area (TPSA) is 50.4 Å². The lowest BCUT2D eigenvalue weighted by molar-refractivity contribution is -0.112. The molecule has 0 amide bonds. The first kappa shape index (κ1) is 19.7. The van der Waals surface area contributed by atoms with Crippen LogP contribution in [0.15, 0.2) is 22.6 Å². The molecule has 0 saturated heterocycles. The van der Waals surface area contributed by atoms with Crippen molar-refractivity contribution in [2.75, 3.05) is 0 Å². The molecular weight excluding hydrogens is 264 g/mol. The number of unbranched alkanes of at least 4 members (excludes halogenated alkanes) is 6. The zero-order valence-electron chi connectivity index (χ0n) is 13.7. The van der Waals surface area contributed by atoms with Crippen molar-refractivity contribution in [2.45, 2.75) is 72.3 Å². The molecule has 3 nitrogen and oxygen atoms in total. The van der Waals surface area contributed by atoms with E-state index in [-0.39, 0.29) is 12.4 Å². The molecule has 1 aromatic heterocycles. The number of furan rings is 1. The molecule has 0 radical (unpaired) electrons. The lowest BCUT2D eigenvalue weighted by atomic mass is 10.1. The molecule has 120 valence electrons. The summed E-state index contributed by atoms with van der Waals surface area (Å²) in [6, 6.07) is 3.37. The zero-order chi connectivity index (χ0) is 15.9. The standard InChI is InChI=1S/C9H10O3.C9H20/c1-7(11)2-3-8-4-5-9(6-10)12-8;1-3-5-7-9-8-6-4-2/h2-5,10H,6H2,1H3;3-9H2,1-2H3/b3-2+;. The first-order chi connectivity index (χ1) is 10.1. The number of aliphatic hydroxyl groups excluding tert-OH is 1. The predicted octanol–water partition coefficient (Wildman–Crippen LogP) is 5.13. The Morgan fingerprint density at radius 2 is 1.67 bits per heavy atom. The molecule has 0 atom stereocenters. The van der Waals surface area contributed by atoms with Gasteiger partial charge in [-0.1, -0.05) is 58.8 Å². The Labute approximate surface area is 129 Å². The Bertz CT molecular complexity index is 385. The fourth-order valence-corrected chi connectivity index (χ4v) is 1.80. The number of carbonyl (C=O) groups is 1. The lowest BCUT2D eigenvalue weighted by Crippen LogP contribution is -1.78. The van der Waals surface area contributed by atoms with Gasteiger partial charge in [0.1, 0.15) is 18.1 Å². The van der Waals surface area contributed by atoms with E-state index >= 15 is 0 Å². The quantitative estimate of drug-likeness (QED) is 0.507. The van der Waals surface area contributed by atoms with Crippen LogP contribution >= 0.6 is 0 Å². The summed E-state index contributed by atoms with van der Waals surface area (Å²) in [5.74, 6) is 1.05. The minimum atomic E-state index is -0.117. The average Bonchev–Trinajstić information content (AvgIpc) is 2.94. The van der Waals surface area contributed by atoms with Gasteiger partial charge in [-0.2, -0.15) is 0 Å². The van der Waals surface area contributed by atoms with E-state index in [1.807, 2.05) is 0 Å². The van der Waals surface area contributed by atoms with Crippen molar-refractivity contribution in [3.63, 3.8) is 0 Å². The average molecular weight is 294 g/mol. The van der Waals surface area contributed by atoms with Crippen LogP contribution < -0.4 is 0 Å². The first-order valence-corrected chi connectivity index (χ1v) is 8.02. The lowest BCUT2D eigenvalue weighted by Gasteiger charge is -1.96. The van der Waals surface area contributed by atoms with Crippen LogP contribution in [-0.2, 0) is 11.4 Å². The number of hydrogen-bond acceptors (Lipinski definition) is 3. The molecule has 0 aliphatic heterocycles. The highest BCUT2D eigenvalue weighted by Gasteiger charge is 1.96. The monoisotopic (exact) mass is 294 g/mol. The van der Waals surface area contributed by atoms with E-state index in [1.165, 1.54) is 57.9 Å². The molecule has 21 heavy (non-hydrogen) atoms. The number of carbonyl (C=O) groups excluding carboxylic acids is 1. The van der Waals surface area contributed by atoms with Gasteiger partial charge in [-0.25, -0.2) is 0 Å². The summed E-state index contributed by atoms with van der Waals surface area (Å²) in [7, 11) is 0. The zero-order valence-corrected chi connectivity index (χ0v) is 13.7. The molecular formula is C18H30O3. The second-order valence-corrected chi connectivity index (χ2v) is 5.17. The number of aliphatic hydroxyl groups is 1. The summed E-state index contributed by atoms with van der Waals surface area (Å²) in [5.41, 5.74) is 0. The molecule has 1 rings (SSSR count). The third-order valence-corrected chi connectivity index (χ3v) is 3.03. The molecule has 0 aromatic carbocycles. The Hall–Kier alpha value is -1.35. The maximum Gasteiger partial charge on any atom is 0.152 e. The second-order valence-electron chi connectivity index (χ2n) is 5.17. The van der Waals surface area contributed by atoms with E-state index in [1.54, 1.807) is 18.2 Å². The van der Waals surface area contributed by atoms with Crippen molar-refractivity contribution >= 4 is 11.9 Å². The minimum absolute atomic E-state index is 0.0306. The molecule has 1 aromatic rings. The van der Waals surface area contributed by atoms with E-state index in [4.69, 9.17) is 9.52 Å². The van der Waals surface area contributed by atoms with Gasteiger partial charge in [-0.3, -0.25) is 4.79 Å². The maximum atomic E-state index is 10.5. The van der Waals surface area contributed by atoms with Crippen molar-refractivity contribution < 1.29 is 14.3 Å². The predicted molar refractivity (Wildman–Crippen MR) is 88.0 cm³/mol. The highest BCUT2D eigenvalue weighted by atomic mass is 16.4. The number of hydrogen-bond donors (Lipinski definition) is 1. The van der Waals surface area contributed by atoms with Crippen molar-refractivity contribution in [3.8, 4) is 0 Å². The molecule has 0 spiro atoms. The Morgan fingerprint density at radius 3 is 2.10 bits per heavy atom. The highest BCUT2D eigenvalue weighted by Crippen LogP contribution is 2.09. The van der Waals surface area contributed by atoms with Crippen LogP contribution in [0, 0.1) is 0 Å². The van der Waals surface area contributed by atoms with Crippen LogP contribution in [0.2, 0.25) is 0 Å². The number of ketones is 1. The Morgan fingerprint density at radius 1 is 1.10 bits per heavy atom. The van der Waals surface area contributed by atoms with Crippen LogP contribution in [0.5, 0.6) is 0 Å². The van der Waals surface area contributed by atoms with Gasteiger partial charge in [0.05, 0.1) is 0 Å². The number of rotatable bonds is 9. The molecule has 0 bridgehead atoms. The van der Waals surface area contributed by atoms with Crippen molar-refractivity contribution in [2.24, 2.45) is 0 Å². The van der Waals surface area contributed by atoms with Crippen LogP contribution in [0.3, 0.4) is 0 Å². The SMILES string of the molecule is CC(=O)/C=C/c1ccc(CO)o1.CCCCCCCCC. The molecule has 1 heterocycles. The van der Waals surface area contributed by atoms with Gasteiger partial charge in [0.2, 0.25) is 0 Å². The molecule has 0 fully saturated rings. The molecule has 1 N–H and O–H groups in total. The van der Waals surface area contributed by atoms with Gasteiger partial charge in [0.15, 0.2) is 5.78 Å². The summed E-state index contributed by atoms with van der Waals surface area (Å²) < 4.78 is 5.09. The van der Waals surface area contributed by atoms with Crippen LogP contribution in [-0.4, -0.2) is 10.9 Å². The van der Waals surface area contributed by atoms with Gasteiger partial charge in [0, 0.05) is 0 Å². The Kier molecular flexibility index (Phi) is 12.7. The molecule has 0 aliphatic carbocycles. The number of allylic oxidation sites excluding steroid dienone is 1. The highest BCUT2D eigenvalue weighted by molar-refractivity contribution is 5.91. The van der Waals surface area contributed by atoms with Crippen LogP contribution in [0.4, 0.5) is 0 Å². The van der Waals surface area contributed by atoms with Gasteiger partial charge in [-0.15, -0.1) is 0 Å². The van der Waals surface area contributed by atoms with Gasteiger partial charge in [0.25, 0.3) is 0 Å². The largest absolute Gasteiger partial charge is 0.459 e. The molecule has 0 unspecified atom stereocenters. The summed E-state index contributed by atoms with van der Waals surface area (Å²) in [5, 5.41) is 8.64. The van der Waals surface area contributed by atoms with Crippen molar-refractivity contribution in [3.05, 3.63) is 29.7 Å². The molecule has 0 saturated carbocycles. The van der Waals surface area contributed by atoms with E-state index < -0.39 is 0 Å². The van der Waals surface area contributed by atoms with Crippen molar-refractivity contribution in [1.29, 1.82) is 0 Å². The van der Waals surface area contributed by atoms with E-state index in [2.05, 4.69) is 13.8 Å². The van der Waals surface area contributed by atoms with E-state index in [9.17, 15) is 4.79 Å². The fourth-order valence-electron chi connectivity index (χ4n) is 1.80. The summed E-state index contributed by atoms with van der Waals surface area (Å²) in [4.78, 5) is 10.5. The van der Waals surface area contributed by atoms with Crippen LogP contribution in [0.1, 0.15) is 77.2 Å². The normalized spacial score (nSPS) is 10.5. The Balaban J connectivity index is 0.000000400. The summed E-state index contributed by atoms with van der Waals surface area (Å²) in [6.07, 6.45) is 13.0. The van der Waals surface area contributed by atoms with E-state index in [0.29, 0.717) is 11.5 Å². The summed E-state index contributed by atoms with van der Waals surface area (Å²) >= 11 is 0. The summed E-state index contributed by atoms with van der Waals surface area (Å²) in [6.45, 7) is 5.87. The van der Waals surface area contributed by atoms with Gasteiger partial charge in [-0.05, 0) is 31.2 Å². The third-order valence-electron chi connectivity index (χ3n) is 3.03. The first-order valence-electron chi connectivity index (χ1n) is 8.02. The third kappa shape index (κ3) is 12.1. The van der Waals surface area contributed by atoms with E-state index in [0.717, 1.165) is 0 Å². The molecule has 3 heteroatoms. The molecule has 0 aliphatic rings. The van der Waals surface area contributed by atoms with Crippen LogP contribution in [0.25, 0.3) is 6.08 Å². The fraction of sp³-hybridized carbons (Fsp3) is 0.611. The maximum absolute atomic E-state index is 10.5. The minimum Gasteiger partial charge on any atom is -0.459 e. The van der Waals surface area contributed by atoms with Gasteiger partial charge >= 0.3 is 0 Å². The van der Waals surface area contributed by atoms with Crippen molar-refractivity contribution in [1.82, 2.24) is 0 Å². The smallest absolute Gasteiger partial charge is 0.152 e.